The minimum atomic E-state index is 0.761. The van der Waals surface area contributed by atoms with Crippen LogP contribution in [-0.2, 0) is 6.54 Å². The molecule has 0 saturated carbocycles. The molecular weight excluding hydrogens is 174 g/mol. The van der Waals surface area contributed by atoms with Crippen molar-refractivity contribution in [1.82, 2.24) is 4.57 Å². The Morgan fingerprint density at radius 3 is 2.86 bits per heavy atom. The third-order valence-corrected chi connectivity index (χ3v) is 2.63. The van der Waals surface area contributed by atoms with Crippen LogP contribution in [0.15, 0.2) is 24.3 Å². The Labute approximate surface area is 83.2 Å². The average Bonchev–Trinajstić information content (AvgIpc) is 2.57. The molecule has 72 valence electrons. The lowest BCUT2D eigenvalue weighted by Gasteiger charge is -2.02. The molecule has 0 radical (unpaired) electrons. The summed E-state index contributed by atoms with van der Waals surface area (Å²) in [4.78, 5) is 10.8. The van der Waals surface area contributed by atoms with E-state index in [0.29, 0.717) is 0 Å². The number of aldehydes is 1. The molecule has 14 heavy (non-hydrogen) atoms. The summed E-state index contributed by atoms with van der Waals surface area (Å²) in [5.41, 5.74) is 3.13. The molecule has 1 heterocycles. The van der Waals surface area contributed by atoms with Gasteiger partial charge in [0.1, 0.15) is 0 Å². The number of benzene rings is 1. The predicted octanol–water partition coefficient (Wildman–Crippen LogP) is 2.78. The first-order chi connectivity index (χ1) is 6.77. The first-order valence-corrected chi connectivity index (χ1v) is 4.82. The minimum Gasteiger partial charge on any atom is -0.339 e. The largest absolute Gasteiger partial charge is 0.339 e. The Balaban J connectivity index is 2.86. The van der Waals surface area contributed by atoms with Gasteiger partial charge in [0.05, 0.1) is 5.69 Å². The number of aromatic nitrogens is 1. The van der Waals surface area contributed by atoms with E-state index in [1.165, 1.54) is 10.9 Å². The molecule has 0 N–H and O–H groups in total. The van der Waals surface area contributed by atoms with Crippen LogP contribution >= 0.6 is 0 Å². The maximum Gasteiger partial charge on any atom is 0.166 e. The average molecular weight is 187 g/mol. The molecule has 0 aliphatic carbocycles. The van der Waals surface area contributed by atoms with Crippen molar-refractivity contribution in [1.29, 1.82) is 0 Å². The first-order valence-electron chi connectivity index (χ1n) is 4.82. The lowest BCUT2D eigenvalue weighted by Crippen LogP contribution is -1.98. The Morgan fingerprint density at radius 1 is 1.43 bits per heavy atom. The van der Waals surface area contributed by atoms with Crippen LogP contribution in [-0.4, -0.2) is 10.9 Å². The van der Waals surface area contributed by atoms with E-state index in [2.05, 4.69) is 26.0 Å². The molecule has 0 unspecified atom stereocenters. The second-order valence-corrected chi connectivity index (χ2v) is 3.44. The van der Waals surface area contributed by atoms with Crippen LogP contribution in [0.1, 0.15) is 23.0 Å². The molecular formula is C12H13NO. The Hall–Kier alpha value is -1.57. The van der Waals surface area contributed by atoms with Gasteiger partial charge >= 0.3 is 0 Å². The van der Waals surface area contributed by atoms with E-state index < -0.39 is 0 Å². The van der Waals surface area contributed by atoms with Gasteiger partial charge in [-0.05, 0) is 31.5 Å². The SMILES string of the molecule is CCn1c(C=O)cc2c(C)cccc21. The van der Waals surface area contributed by atoms with Gasteiger partial charge in [-0.2, -0.15) is 0 Å². The van der Waals surface area contributed by atoms with Crippen LogP contribution in [0.25, 0.3) is 10.9 Å². The number of fused-ring (bicyclic) bond motifs is 1. The van der Waals surface area contributed by atoms with Gasteiger partial charge in [-0.3, -0.25) is 4.79 Å². The number of aryl methyl sites for hydroxylation is 2. The molecule has 0 saturated heterocycles. The zero-order valence-electron chi connectivity index (χ0n) is 8.45. The van der Waals surface area contributed by atoms with E-state index in [1.807, 2.05) is 16.7 Å². The van der Waals surface area contributed by atoms with Crippen LogP contribution in [0.5, 0.6) is 0 Å². The van der Waals surface area contributed by atoms with Gasteiger partial charge in [0, 0.05) is 17.4 Å². The maximum absolute atomic E-state index is 10.8. The van der Waals surface area contributed by atoms with E-state index in [9.17, 15) is 4.79 Å². The van der Waals surface area contributed by atoms with E-state index >= 15 is 0 Å². The third-order valence-electron chi connectivity index (χ3n) is 2.63. The normalized spacial score (nSPS) is 10.7. The zero-order valence-corrected chi connectivity index (χ0v) is 8.45. The second kappa shape index (κ2) is 3.29. The lowest BCUT2D eigenvalue weighted by atomic mass is 10.1. The van der Waals surface area contributed by atoms with Crippen molar-refractivity contribution in [2.24, 2.45) is 0 Å². The van der Waals surface area contributed by atoms with E-state index in [4.69, 9.17) is 0 Å². The highest BCUT2D eigenvalue weighted by molar-refractivity contribution is 5.90. The van der Waals surface area contributed by atoms with Crippen LogP contribution in [0, 0.1) is 6.92 Å². The summed E-state index contributed by atoms with van der Waals surface area (Å²) in [5.74, 6) is 0. The van der Waals surface area contributed by atoms with Crippen molar-refractivity contribution < 1.29 is 4.79 Å². The summed E-state index contributed by atoms with van der Waals surface area (Å²) < 4.78 is 2.04. The molecule has 0 aliphatic heterocycles. The first kappa shape index (κ1) is 9.00. The smallest absolute Gasteiger partial charge is 0.166 e. The molecule has 0 bridgehead atoms. The van der Waals surface area contributed by atoms with Crippen molar-refractivity contribution in [3.8, 4) is 0 Å². The maximum atomic E-state index is 10.8. The number of rotatable bonds is 2. The zero-order chi connectivity index (χ0) is 10.1. The molecule has 2 aromatic rings. The van der Waals surface area contributed by atoms with Crippen molar-refractivity contribution in [3.63, 3.8) is 0 Å². The number of carbonyl (C=O) groups excluding carboxylic acids is 1. The molecule has 0 spiro atoms. The molecule has 2 nitrogen and oxygen atoms in total. The highest BCUT2D eigenvalue weighted by atomic mass is 16.1. The Bertz CT molecular complexity index is 482. The van der Waals surface area contributed by atoms with E-state index in [-0.39, 0.29) is 0 Å². The summed E-state index contributed by atoms with van der Waals surface area (Å²) in [6, 6.07) is 8.11. The van der Waals surface area contributed by atoms with Gasteiger partial charge in [0.25, 0.3) is 0 Å². The number of carbonyl (C=O) groups is 1. The summed E-state index contributed by atoms with van der Waals surface area (Å²) in [5, 5.41) is 1.18. The van der Waals surface area contributed by atoms with Gasteiger partial charge in [0.2, 0.25) is 0 Å². The van der Waals surface area contributed by atoms with Crippen LogP contribution in [0.2, 0.25) is 0 Å². The molecule has 0 atom stereocenters. The van der Waals surface area contributed by atoms with Gasteiger partial charge in [0.15, 0.2) is 6.29 Å². The molecule has 2 heteroatoms. The minimum absolute atomic E-state index is 0.761. The number of hydrogen-bond acceptors (Lipinski definition) is 1. The molecule has 2 rings (SSSR count). The fourth-order valence-electron chi connectivity index (χ4n) is 1.90. The highest BCUT2D eigenvalue weighted by Gasteiger charge is 2.07. The second-order valence-electron chi connectivity index (χ2n) is 3.44. The Morgan fingerprint density at radius 2 is 2.21 bits per heavy atom. The van der Waals surface area contributed by atoms with Crippen LogP contribution in [0.3, 0.4) is 0 Å². The predicted molar refractivity (Wildman–Crippen MR) is 57.7 cm³/mol. The van der Waals surface area contributed by atoms with E-state index in [1.54, 1.807) is 0 Å². The van der Waals surface area contributed by atoms with Crippen molar-refractivity contribution >= 4 is 17.2 Å². The number of nitrogens with zero attached hydrogens (tertiary/aromatic N) is 1. The summed E-state index contributed by atoms with van der Waals surface area (Å²) in [6.07, 6.45) is 0.920. The monoisotopic (exact) mass is 187 g/mol. The molecule has 0 amide bonds. The van der Waals surface area contributed by atoms with Gasteiger partial charge in [-0.1, -0.05) is 12.1 Å². The Kier molecular flexibility index (Phi) is 2.12. The summed E-state index contributed by atoms with van der Waals surface area (Å²) >= 11 is 0. The van der Waals surface area contributed by atoms with Gasteiger partial charge in [-0.15, -0.1) is 0 Å². The van der Waals surface area contributed by atoms with Crippen molar-refractivity contribution in [2.75, 3.05) is 0 Å². The topological polar surface area (TPSA) is 22.0 Å². The van der Waals surface area contributed by atoms with E-state index in [0.717, 1.165) is 24.0 Å². The fraction of sp³-hybridized carbons (Fsp3) is 0.250. The standard InChI is InChI=1S/C12H13NO/c1-3-13-10(8-14)7-11-9(2)5-4-6-12(11)13/h4-8H,3H2,1-2H3. The van der Waals surface area contributed by atoms with Crippen LogP contribution < -0.4 is 0 Å². The molecule has 0 fully saturated rings. The highest BCUT2D eigenvalue weighted by Crippen LogP contribution is 2.22. The molecule has 1 aromatic carbocycles. The summed E-state index contributed by atoms with van der Waals surface area (Å²) in [7, 11) is 0. The third kappa shape index (κ3) is 1.15. The fourth-order valence-corrected chi connectivity index (χ4v) is 1.90. The van der Waals surface area contributed by atoms with Crippen molar-refractivity contribution in [2.45, 2.75) is 20.4 Å². The number of hydrogen-bond donors (Lipinski definition) is 0. The molecule has 1 aromatic heterocycles. The van der Waals surface area contributed by atoms with Gasteiger partial charge in [-0.25, -0.2) is 0 Å². The van der Waals surface area contributed by atoms with Crippen molar-refractivity contribution in [3.05, 3.63) is 35.5 Å². The lowest BCUT2D eigenvalue weighted by molar-refractivity contribution is 0.111. The quantitative estimate of drug-likeness (QED) is 0.662. The molecule has 0 aliphatic rings. The summed E-state index contributed by atoms with van der Waals surface area (Å²) in [6.45, 7) is 4.95. The van der Waals surface area contributed by atoms with Gasteiger partial charge < -0.3 is 4.57 Å². The van der Waals surface area contributed by atoms with Crippen LogP contribution in [0.4, 0.5) is 0 Å².